The highest BCUT2D eigenvalue weighted by Gasteiger charge is 2.51. The zero-order valence-corrected chi connectivity index (χ0v) is 17.3. The molecule has 1 aliphatic carbocycles. The maximum Gasteiger partial charge on any atom is 0.420 e. The molecule has 2 aliphatic heterocycles. The fraction of sp³-hybridized carbons (Fsp3) is 0.636. The van der Waals surface area contributed by atoms with Gasteiger partial charge in [0.15, 0.2) is 0 Å². The number of nitrogens with one attached hydrogen (secondary N) is 1. The molecule has 3 aliphatic rings. The van der Waals surface area contributed by atoms with Gasteiger partial charge in [0, 0.05) is 31.0 Å². The van der Waals surface area contributed by atoms with Gasteiger partial charge < -0.3 is 15.0 Å². The SMILES string of the molecule is CC(Oc1ccc(F)cc1C(F)(F)F)C1CCN(C(=O)C2CC3(CCC(=O)N3)C2)CC1. The van der Waals surface area contributed by atoms with Crippen molar-refractivity contribution in [1.82, 2.24) is 10.2 Å². The number of amides is 2. The van der Waals surface area contributed by atoms with Gasteiger partial charge in [0.1, 0.15) is 17.1 Å². The van der Waals surface area contributed by atoms with Crippen LogP contribution >= 0.6 is 0 Å². The maximum atomic E-state index is 13.3. The van der Waals surface area contributed by atoms with Crippen molar-refractivity contribution < 1.29 is 31.9 Å². The minimum atomic E-state index is -4.70. The van der Waals surface area contributed by atoms with Gasteiger partial charge in [-0.25, -0.2) is 4.39 Å². The molecule has 0 radical (unpaired) electrons. The summed E-state index contributed by atoms with van der Waals surface area (Å²) in [6, 6.07) is 2.42. The third-order valence-corrected chi connectivity index (χ3v) is 6.93. The van der Waals surface area contributed by atoms with Crippen LogP contribution in [0.4, 0.5) is 17.6 Å². The highest BCUT2D eigenvalue weighted by molar-refractivity contribution is 5.83. The second kappa shape index (κ2) is 7.98. The molecule has 1 spiro atoms. The molecule has 4 rings (SSSR count). The molecule has 3 fully saturated rings. The van der Waals surface area contributed by atoms with Crippen molar-refractivity contribution in [2.75, 3.05) is 13.1 Å². The van der Waals surface area contributed by atoms with E-state index in [0.29, 0.717) is 51.3 Å². The molecule has 0 aromatic heterocycles. The van der Waals surface area contributed by atoms with Gasteiger partial charge in [0.2, 0.25) is 11.8 Å². The molecule has 1 atom stereocenters. The van der Waals surface area contributed by atoms with E-state index in [9.17, 15) is 27.2 Å². The second-order valence-electron chi connectivity index (χ2n) is 9.06. The Balaban J connectivity index is 1.29. The summed E-state index contributed by atoms with van der Waals surface area (Å²) in [5.74, 6) is -1.27. The van der Waals surface area contributed by atoms with Gasteiger partial charge in [0.25, 0.3) is 0 Å². The Morgan fingerprint density at radius 3 is 2.52 bits per heavy atom. The first-order chi connectivity index (χ1) is 14.6. The molecular weight excluding hydrogens is 416 g/mol. The molecule has 1 unspecified atom stereocenters. The first kappa shape index (κ1) is 21.9. The molecule has 2 saturated heterocycles. The summed E-state index contributed by atoms with van der Waals surface area (Å²) >= 11 is 0. The summed E-state index contributed by atoms with van der Waals surface area (Å²) in [4.78, 5) is 26.0. The van der Waals surface area contributed by atoms with E-state index in [1.54, 1.807) is 6.92 Å². The van der Waals surface area contributed by atoms with Gasteiger partial charge in [0.05, 0.1) is 6.10 Å². The minimum absolute atomic E-state index is 0.00274. The lowest BCUT2D eigenvalue weighted by Crippen LogP contribution is -2.57. The van der Waals surface area contributed by atoms with E-state index in [1.165, 1.54) is 0 Å². The number of alkyl halides is 3. The monoisotopic (exact) mass is 442 g/mol. The summed E-state index contributed by atoms with van der Waals surface area (Å²) in [5.41, 5.74) is -1.31. The third-order valence-electron chi connectivity index (χ3n) is 6.93. The van der Waals surface area contributed by atoms with Crippen molar-refractivity contribution >= 4 is 11.8 Å². The first-order valence-electron chi connectivity index (χ1n) is 10.7. The molecule has 1 N–H and O–H groups in total. The van der Waals surface area contributed by atoms with E-state index < -0.39 is 23.7 Å². The van der Waals surface area contributed by atoms with E-state index in [4.69, 9.17) is 4.74 Å². The molecule has 170 valence electrons. The van der Waals surface area contributed by atoms with Gasteiger partial charge in [-0.2, -0.15) is 13.2 Å². The Hall–Kier alpha value is -2.32. The Bertz CT molecular complexity index is 859. The lowest BCUT2D eigenvalue weighted by molar-refractivity contribution is -0.144. The van der Waals surface area contributed by atoms with Crippen LogP contribution in [0.5, 0.6) is 5.75 Å². The minimum Gasteiger partial charge on any atom is -0.490 e. The van der Waals surface area contributed by atoms with Crippen LogP contribution in [0.1, 0.15) is 51.0 Å². The molecule has 1 saturated carbocycles. The van der Waals surface area contributed by atoms with Gasteiger partial charge >= 0.3 is 6.18 Å². The van der Waals surface area contributed by atoms with E-state index in [2.05, 4.69) is 5.32 Å². The second-order valence-corrected chi connectivity index (χ2v) is 9.06. The number of rotatable bonds is 4. The molecule has 2 amide bonds. The van der Waals surface area contributed by atoms with E-state index in [0.717, 1.165) is 18.6 Å². The summed E-state index contributed by atoms with van der Waals surface area (Å²) in [5, 5.41) is 2.99. The summed E-state index contributed by atoms with van der Waals surface area (Å²) in [6.45, 7) is 2.77. The predicted molar refractivity (Wildman–Crippen MR) is 104 cm³/mol. The lowest BCUT2D eigenvalue weighted by atomic mass is 9.67. The number of hydrogen-bond donors (Lipinski definition) is 1. The fourth-order valence-corrected chi connectivity index (χ4v) is 5.11. The van der Waals surface area contributed by atoms with Crippen LogP contribution in [0.2, 0.25) is 0 Å². The molecule has 2 heterocycles. The number of hydrogen-bond acceptors (Lipinski definition) is 3. The van der Waals surface area contributed by atoms with Crippen molar-refractivity contribution in [3.63, 3.8) is 0 Å². The van der Waals surface area contributed by atoms with Crippen LogP contribution < -0.4 is 10.1 Å². The molecule has 0 bridgehead atoms. The summed E-state index contributed by atoms with van der Waals surface area (Å²) in [6.07, 6.45) is -1.27. The number of ether oxygens (including phenoxy) is 1. The Kier molecular flexibility index (Phi) is 5.64. The topological polar surface area (TPSA) is 58.6 Å². The fourth-order valence-electron chi connectivity index (χ4n) is 5.11. The van der Waals surface area contributed by atoms with E-state index in [1.807, 2.05) is 4.90 Å². The molecule has 1 aromatic rings. The van der Waals surface area contributed by atoms with Crippen molar-refractivity contribution in [3.8, 4) is 5.75 Å². The normalized spacial score (nSPS) is 27.7. The number of nitrogens with zero attached hydrogens (tertiary/aromatic N) is 1. The van der Waals surface area contributed by atoms with Gasteiger partial charge in [-0.05, 0) is 63.1 Å². The molecule has 31 heavy (non-hydrogen) atoms. The number of halogens is 4. The zero-order valence-electron chi connectivity index (χ0n) is 17.3. The molecule has 1 aromatic carbocycles. The Morgan fingerprint density at radius 1 is 1.26 bits per heavy atom. The van der Waals surface area contributed by atoms with Gasteiger partial charge in [-0.15, -0.1) is 0 Å². The quantitative estimate of drug-likeness (QED) is 0.720. The smallest absolute Gasteiger partial charge is 0.420 e. The van der Waals surface area contributed by atoms with Crippen LogP contribution in [0.15, 0.2) is 18.2 Å². The van der Waals surface area contributed by atoms with Crippen molar-refractivity contribution in [2.24, 2.45) is 11.8 Å². The van der Waals surface area contributed by atoms with E-state index >= 15 is 0 Å². The molecule has 9 heteroatoms. The molecule has 5 nitrogen and oxygen atoms in total. The van der Waals surface area contributed by atoms with Crippen LogP contribution in [-0.4, -0.2) is 41.4 Å². The number of piperidine rings is 1. The van der Waals surface area contributed by atoms with Crippen LogP contribution in [0.25, 0.3) is 0 Å². The predicted octanol–water partition coefficient (Wildman–Crippen LogP) is 3.91. The standard InChI is InChI=1S/C22H26F4N2O3/c1-13(31-18-3-2-16(23)10-17(18)22(24,25)26)14-5-8-28(9-6-14)20(30)15-11-21(12-15)7-4-19(29)27-21/h2-3,10,13-15H,4-9,11-12H2,1H3,(H,27,29). The van der Waals surface area contributed by atoms with Crippen LogP contribution in [-0.2, 0) is 15.8 Å². The average molecular weight is 442 g/mol. The average Bonchev–Trinajstić information content (AvgIpc) is 3.09. The van der Waals surface area contributed by atoms with Crippen LogP contribution in [0, 0.1) is 17.7 Å². The van der Waals surface area contributed by atoms with Gasteiger partial charge in [-0.1, -0.05) is 0 Å². The third kappa shape index (κ3) is 4.50. The highest BCUT2D eigenvalue weighted by Crippen LogP contribution is 2.45. The van der Waals surface area contributed by atoms with E-state index in [-0.39, 0.29) is 34.9 Å². The zero-order chi connectivity index (χ0) is 22.4. The first-order valence-corrected chi connectivity index (χ1v) is 10.7. The summed E-state index contributed by atoms with van der Waals surface area (Å²) in [7, 11) is 0. The summed E-state index contributed by atoms with van der Waals surface area (Å²) < 4.78 is 58.5. The number of benzene rings is 1. The van der Waals surface area contributed by atoms with Crippen LogP contribution in [0.3, 0.4) is 0 Å². The lowest BCUT2D eigenvalue weighted by Gasteiger charge is -2.46. The number of likely N-dealkylation sites (tertiary alicyclic amines) is 1. The van der Waals surface area contributed by atoms with Crippen molar-refractivity contribution in [3.05, 3.63) is 29.6 Å². The van der Waals surface area contributed by atoms with Crippen molar-refractivity contribution in [2.45, 2.75) is 63.3 Å². The Morgan fingerprint density at radius 2 is 1.94 bits per heavy atom. The maximum absolute atomic E-state index is 13.3. The largest absolute Gasteiger partial charge is 0.490 e. The highest BCUT2D eigenvalue weighted by atomic mass is 19.4. The number of carbonyl (C=O) groups excluding carboxylic acids is 2. The number of carbonyl (C=O) groups is 2. The van der Waals surface area contributed by atoms with Crippen molar-refractivity contribution in [1.29, 1.82) is 0 Å². The van der Waals surface area contributed by atoms with Gasteiger partial charge in [-0.3, -0.25) is 9.59 Å². The molecular formula is C22H26F4N2O3. The Labute approximate surface area is 178 Å².